The van der Waals surface area contributed by atoms with Crippen molar-refractivity contribution in [1.29, 1.82) is 0 Å². The van der Waals surface area contributed by atoms with Gasteiger partial charge in [0.25, 0.3) is 0 Å². The fourth-order valence-corrected chi connectivity index (χ4v) is 4.01. The van der Waals surface area contributed by atoms with Gasteiger partial charge in [0.05, 0.1) is 12.8 Å². The van der Waals surface area contributed by atoms with Gasteiger partial charge in [0.1, 0.15) is 5.88 Å². The number of ether oxygens (including phenoxy) is 1. The zero-order chi connectivity index (χ0) is 18.6. The molecule has 0 spiro atoms. The van der Waals surface area contributed by atoms with Crippen LogP contribution in [0.3, 0.4) is 0 Å². The molecule has 2 aromatic carbocycles. The Labute approximate surface area is 168 Å². The molecule has 135 valence electrons. The Kier molecular flexibility index (Phi) is 5.37. The molecule has 0 fully saturated rings. The Hall–Kier alpha value is -2.43. The van der Waals surface area contributed by atoms with Gasteiger partial charge in [-0.2, -0.15) is 0 Å². The zero-order valence-electron chi connectivity index (χ0n) is 14.8. The van der Waals surface area contributed by atoms with E-state index in [9.17, 15) is 0 Å². The molecule has 1 aliphatic heterocycles. The minimum atomic E-state index is 0.594. The van der Waals surface area contributed by atoms with Gasteiger partial charge in [-0.15, -0.1) is 11.8 Å². The second kappa shape index (κ2) is 8.07. The Morgan fingerprint density at radius 1 is 1.04 bits per heavy atom. The first-order valence-corrected chi connectivity index (χ1v) is 9.86. The molecule has 27 heavy (non-hydrogen) atoms. The molecule has 0 amide bonds. The number of hydrogen-bond acceptors (Lipinski definition) is 4. The monoisotopic (exact) mass is 393 g/mol. The van der Waals surface area contributed by atoms with Crippen LogP contribution in [-0.2, 0) is 6.54 Å². The molecule has 3 nitrogen and oxygen atoms in total. The van der Waals surface area contributed by atoms with Gasteiger partial charge in [-0.1, -0.05) is 48.0 Å². The van der Waals surface area contributed by atoms with Crippen molar-refractivity contribution in [2.75, 3.05) is 7.11 Å². The molecule has 0 bridgehead atoms. The fourth-order valence-electron chi connectivity index (χ4n) is 3.05. The summed E-state index contributed by atoms with van der Waals surface area (Å²) in [6.07, 6.45) is 1.82. The first kappa shape index (κ1) is 18.0. The number of halogens is 1. The maximum absolute atomic E-state index is 6.31. The van der Waals surface area contributed by atoms with E-state index in [0.29, 0.717) is 10.9 Å². The Morgan fingerprint density at radius 3 is 2.63 bits per heavy atom. The van der Waals surface area contributed by atoms with Crippen LogP contribution in [0, 0.1) is 5.88 Å². The van der Waals surface area contributed by atoms with Crippen LogP contribution in [0.4, 0.5) is 0 Å². The number of thioether (sulfide) groups is 1. The summed E-state index contributed by atoms with van der Waals surface area (Å²) in [5, 5.41) is 2.88. The van der Waals surface area contributed by atoms with Gasteiger partial charge < -0.3 is 9.64 Å². The minimum Gasteiger partial charge on any atom is -0.481 e. The predicted molar refractivity (Wildman–Crippen MR) is 113 cm³/mol. The van der Waals surface area contributed by atoms with Gasteiger partial charge in [-0.3, -0.25) is 0 Å². The van der Waals surface area contributed by atoms with E-state index in [1.807, 2.05) is 36.5 Å². The van der Waals surface area contributed by atoms with Crippen LogP contribution in [0.5, 0.6) is 5.88 Å². The average molecular weight is 394 g/mol. The van der Waals surface area contributed by atoms with Gasteiger partial charge in [-0.25, -0.2) is 4.98 Å². The van der Waals surface area contributed by atoms with Crippen molar-refractivity contribution in [3.63, 3.8) is 0 Å². The molecule has 5 heteroatoms. The van der Waals surface area contributed by atoms with Crippen LogP contribution >= 0.6 is 23.4 Å². The van der Waals surface area contributed by atoms with Gasteiger partial charge >= 0.3 is 0 Å². The first-order chi connectivity index (χ1) is 13.2. The van der Waals surface area contributed by atoms with E-state index in [2.05, 4.69) is 51.5 Å². The van der Waals surface area contributed by atoms with Crippen LogP contribution in [0.2, 0.25) is 5.02 Å². The summed E-state index contributed by atoms with van der Waals surface area (Å²) >= 11 is 8.00. The number of benzene rings is 2. The molecule has 1 radical (unpaired) electrons. The maximum Gasteiger partial charge on any atom is 0.212 e. The van der Waals surface area contributed by atoms with E-state index in [0.717, 1.165) is 28.9 Å². The van der Waals surface area contributed by atoms with E-state index in [-0.39, 0.29) is 0 Å². The Balaban J connectivity index is 1.70. The van der Waals surface area contributed by atoms with Crippen molar-refractivity contribution < 1.29 is 4.74 Å². The number of aromatic nitrogens is 1. The number of methoxy groups -OCH3 is 1. The summed E-state index contributed by atoms with van der Waals surface area (Å²) < 4.78 is 5.18. The molecule has 1 aromatic heterocycles. The smallest absolute Gasteiger partial charge is 0.212 e. The molecule has 1 aliphatic rings. The predicted octanol–water partition coefficient (Wildman–Crippen LogP) is 6.08. The van der Waals surface area contributed by atoms with E-state index in [4.69, 9.17) is 16.3 Å². The van der Waals surface area contributed by atoms with Crippen LogP contribution in [0.15, 0.2) is 72.3 Å². The van der Waals surface area contributed by atoms with Gasteiger partial charge in [0, 0.05) is 35.0 Å². The highest BCUT2D eigenvalue weighted by Crippen LogP contribution is 2.40. The summed E-state index contributed by atoms with van der Waals surface area (Å²) in [5.41, 5.74) is 5.61. The zero-order valence-corrected chi connectivity index (χ0v) is 16.4. The third-order valence-electron chi connectivity index (χ3n) is 4.39. The lowest BCUT2D eigenvalue weighted by Crippen LogP contribution is -2.14. The highest BCUT2D eigenvalue weighted by molar-refractivity contribution is 8.04. The molecule has 0 saturated carbocycles. The summed E-state index contributed by atoms with van der Waals surface area (Å²) in [5.74, 6) is 2.74. The number of nitrogens with zero attached hydrogens (tertiary/aromatic N) is 2. The van der Waals surface area contributed by atoms with Crippen molar-refractivity contribution in [1.82, 2.24) is 9.88 Å². The Bertz CT molecular complexity index is 958. The third-order valence-corrected chi connectivity index (χ3v) is 5.36. The normalized spacial score (nSPS) is 13.6. The number of rotatable bonds is 5. The van der Waals surface area contributed by atoms with E-state index < -0.39 is 0 Å². The van der Waals surface area contributed by atoms with Crippen LogP contribution < -0.4 is 4.74 Å². The van der Waals surface area contributed by atoms with E-state index in [1.165, 1.54) is 5.56 Å². The molecule has 0 N–H and O–H groups in total. The van der Waals surface area contributed by atoms with Crippen LogP contribution in [-0.4, -0.2) is 17.0 Å². The molecule has 0 saturated heterocycles. The lowest BCUT2D eigenvalue weighted by atomic mass is 9.98. The second-order valence-electron chi connectivity index (χ2n) is 6.14. The largest absolute Gasteiger partial charge is 0.481 e. The minimum absolute atomic E-state index is 0.594. The van der Waals surface area contributed by atoms with Crippen molar-refractivity contribution >= 4 is 29.1 Å². The highest BCUT2D eigenvalue weighted by Gasteiger charge is 2.21. The molecule has 0 aliphatic carbocycles. The molecule has 0 unspecified atom stereocenters. The van der Waals surface area contributed by atoms with Crippen molar-refractivity contribution in [3.8, 4) is 17.0 Å². The van der Waals surface area contributed by atoms with Crippen molar-refractivity contribution in [2.24, 2.45) is 0 Å². The van der Waals surface area contributed by atoms with Crippen LogP contribution in [0.25, 0.3) is 16.8 Å². The maximum atomic E-state index is 6.31. The summed E-state index contributed by atoms with van der Waals surface area (Å²) in [6, 6.07) is 20.3. The molecule has 2 heterocycles. The van der Waals surface area contributed by atoms with Crippen molar-refractivity contribution in [3.05, 3.63) is 94.3 Å². The molecular weight excluding hydrogens is 376 g/mol. The molecule has 4 rings (SSSR count). The van der Waals surface area contributed by atoms with Gasteiger partial charge in [-0.05, 0) is 34.7 Å². The molecule has 0 atom stereocenters. The topological polar surface area (TPSA) is 25.4 Å². The SMILES string of the molecule is COc1ccc(-c2cc(Cl)ccc2C2=CS[CH]N2Cc2ccccc2)cn1. The summed E-state index contributed by atoms with van der Waals surface area (Å²) in [4.78, 5) is 6.61. The summed E-state index contributed by atoms with van der Waals surface area (Å²) in [6.45, 7) is 0.822. The highest BCUT2D eigenvalue weighted by atomic mass is 35.5. The molecule has 3 aromatic rings. The lowest BCUT2D eigenvalue weighted by molar-refractivity contribution is 0.398. The van der Waals surface area contributed by atoms with Gasteiger partial charge in [0.15, 0.2) is 0 Å². The van der Waals surface area contributed by atoms with Crippen LogP contribution in [0.1, 0.15) is 11.1 Å². The third kappa shape index (κ3) is 3.97. The van der Waals surface area contributed by atoms with E-state index >= 15 is 0 Å². The lowest BCUT2D eigenvalue weighted by Gasteiger charge is -2.23. The number of pyridine rings is 1. The second-order valence-corrected chi connectivity index (χ2v) is 7.29. The van der Waals surface area contributed by atoms with Crippen molar-refractivity contribution in [2.45, 2.75) is 6.54 Å². The average Bonchev–Trinajstić information content (AvgIpc) is 3.16. The van der Waals surface area contributed by atoms with Gasteiger partial charge in [0.2, 0.25) is 5.88 Å². The standard InChI is InChI=1S/C22H18ClN2OS/c1-26-22-10-7-17(12-24-22)20-11-18(23)8-9-19(20)21-14-27-15-25(21)13-16-5-3-2-4-6-16/h2-12,14-15H,13H2,1H3. The quantitative estimate of drug-likeness (QED) is 0.524. The fraction of sp³-hybridized carbons (Fsp3) is 0.0909. The first-order valence-electron chi connectivity index (χ1n) is 8.54. The van der Waals surface area contributed by atoms with E-state index in [1.54, 1.807) is 18.9 Å². The Morgan fingerprint density at radius 2 is 1.89 bits per heavy atom. The summed E-state index contributed by atoms with van der Waals surface area (Å²) in [7, 11) is 1.62. The number of hydrogen-bond donors (Lipinski definition) is 0. The molecular formula is C22H18ClN2OS.